The summed E-state index contributed by atoms with van der Waals surface area (Å²) < 4.78 is 31.0. The van der Waals surface area contributed by atoms with Gasteiger partial charge in [0.25, 0.3) is 0 Å². The van der Waals surface area contributed by atoms with Gasteiger partial charge in [-0.15, -0.1) is 0 Å². The topological polar surface area (TPSA) is 96.6 Å². The van der Waals surface area contributed by atoms with Crippen molar-refractivity contribution in [1.82, 2.24) is 4.72 Å². The lowest BCUT2D eigenvalue weighted by Crippen LogP contribution is -2.22. The zero-order chi connectivity index (χ0) is 13.9. The van der Waals surface area contributed by atoms with Crippen LogP contribution in [-0.4, -0.2) is 19.5 Å². The number of sulfonamides is 1. The van der Waals surface area contributed by atoms with Crippen molar-refractivity contribution in [3.8, 4) is 0 Å². The minimum Gasteiger partial charge on any atom is -0.475 e. The van der Waals surface area contributed by atoms with Gasteiger partial charge in [-0.05, 0) is 24.3 Å². The molecule has 2 aromatic rings. The molecule has 0 atom stereocenters. The molecule has 0 bridgehead atoms. The number of carboxylic acids is 1. The largest absolute Gasteiger partial charge is 0.475 e. The Kier molecular flexibility index (Phi) is 3.68. The van der Waals surface area contributed by atoms with Gasteiger partial charge in [0, 0.05) is 0 Å². The van der Waals surface area contributed by atoms with Crippen LogP contribution in [0.1, 0.15) is 16.3 Å². The number of benzene rings is 1. The monoisotopic (exact) mass is 281 g/mol. The fraction of sp³-hybridized carbons (Fsp3) is 0.0833. The maximum absolute atomic E-state index is 11.9. The summed E-state index contributed by atoms with van der Waals surface area (Å²) in [5, 5.41) is 8.67. The second kappa shape index (κ2) is 5.25. The Labute approximate surface area is 109 Å². The average Bonchev–Trinajstić information content (AvgIpc) is 2.87. The van der Waals surface area contributed by atoms with Crippen molar-refractivity contribution in [1.29, 1.82) is 0 Å². The van der Waals surface area contributed by atoms with E-state index >= 15 is 0 Å². The van der Waals surface area contributed by atoms with Gasteiger partial charge in [-0.1, -0.05) is 18.2 Å². The number of nitrogens with one attached hydrogen (secondary N) is 1. The summed E-state index contributed by atoms with van der Waals surface area (Å²) in [6.07, 6.45) is 0. The molecule has 1 aromatic carbocycles. The van der Waals surface area contributed by atoms with Gasteiger partial charge in [0.15, 0.2) is 0 Å². The quantitative estimate of drug-likeness (QED) is 0.864. The van der Waals surface area contributed by atoms with E-state index in [1.54, 1.807) is 18.2 Å². The van der Waals surface area contributed by atoms with Crippen molar-refractivity contribution in [3.63, 3.8) is 0 Å². The SMILES string of the molecule is O=C(O)c1ccc(CNS(=O)(=O)c2ccccc2)o1. The van der Waals surface area contributed by atoms with Crippen LogP contribution < -0.4 is 4.72 Å². The van der Waals surface area contributed by atoms with E-state index in [1.165, 1.54) is 24.3 Å². The van der Waals surface area contributed by atoms with E-state index in [2.05, 4.69) is 4.72 Å². The van der Waals surface area contributed by atoms with Crippen LogP contribution in [0.4, 0.5) is 0 Å². The fourth-order valence-electron chi connectivity index (χ4n) is 1.44. The highest BCUT2D eigenvalue weighted by Gasteiger charge is 2.15. The van der Waals surface area contributed by atoms with E-state index in [9.17, 15) is 13.2 Å². The minimum atomic E-state index is -3.63. The second-order valence-electron chi connectivity index (χ2n) is 3.71. The number of rotatable bonds is 5. The smallest absolute Gasteiger partial charge is 0.371 e. The minimum absolute atomic E-state index is 0.107. The molecule has 0 spiro atoms. The molecule has 19 heavy (non-hydrogen) atoms. The summed E-state index contributed by atoms with van der Waals surface area (Å²) in [7, 11) is -3.63. The van der Waals surface area contributed by atoms with Crippen LogP contribution in [0.15, 0.2) is 51.8 Å². The van der Waals surface area contributed by atoms with Crippen LogP contribution in [0.2, 0.25) is 0 Å². The third-order valence-corrected chi connectivity index (χ3v) is 3.78. The first-order valence-electron chi connectivity index (χ1n) is 5.36. The van der Waals surface area contributed by atoms with E-state index in [0.717, 1.165) is 0 Å². The van der Waals surface area contributed by atoms with Gasteiger partial charge in [-0.25, -0.2) is 17.9 Å². The third kappa shape index (κ3) is 3.21. The molecule has 0 aliphatic rings. The molecular weight excluding hydrogens is 270 g/mol. The van der Waals surface area contributed by atoms with E-state index in [-0.39, 0.29) is 23.0 Å². The summed E-state index contributed by atoms with van der Waals surface area (Å²) >= 11 is 0. The fourth-order valence-corrected chi connectivity index (χ4v) is 2.45. The molecule has 0 saturated heterocycles. The molecule has 100 valence electrons. The van der Waals surface area contributed by atoms with Crippen molar-refractivity contribution in [2.45, 2.75) is 11.4 Å². The molecule has 0 aliphatic carbocycles. The standard InChI is InChI=1S/C12H11NO5S/c14-12(15)11-7-6-9(18-11)8-13-19(16,17)10-4-2-1-3-5-10/h1-7,13H,8H2,(H,14,15). The Morgan fingerprint density at radius 2 is 1.84 bits per heavy atom. The Bertz CT molecular complexity index is 675. The van der Waals surface area contributed by atoms with Crippen LogP contribution >= 0.6 is 0 Å². The van der Waals surface area contributed by atoms with Crippen molar-refractivity contribution < 1.29 is 22.7 Å². The molecular formula is C12H11NO5S. The molecule has 0 aliphatic heterocycles. The highest BCUT2D eigenvalue weighted by molar-refractivity contribution is 7.89. The van der Waals surface area contributed by atoms with Gasteiger partial charge in [0.05, 0.1) is 11.4 Å². The van der Waals surface area contributed by atoms with E-state index in [4.69, 9.17) is 9.52 Å². The molecule has 1 heterocycles. The molecule has 0 radical (unpaired) electrons. The first-order chi connectivity index (χ1) is 8.99. The summed E-state index contributed by atoms with van der Waals surface area (Å²) in [5.74, 6) is -1.19. The van der Waals surface area contributed by atoms with Crippen molar-refractivity contribution in [2.75, 3.05) is 0 Å². The number of hydrogen-bond donors (Lipinski definition) is 2. The lowest BCUT2D eigenvalue weighted by atomic mass is 10.4. The summed E-state index contributed by atoms with van der Waals surface area (Å²) in [6.45, 7) is -0.107. The summed E-state index contributed by atoms with van der Waals surface area (Å²) in [6, 6.07) is 10.6. The predicted molar refractivity (Wildman–Crippen MR) is 66.1 cm³/mol. The zero-order valence-corrected chi connectivity index (χ0v) is 10.6. The van der Waals surface area contributed by atoms with Crippen LogP contribution in [0.25, 0.3) is 0 Å². The second-order valence-corrected chi connectivity index (χ2v) is 5.48. The third-order valence-electron chi connectivity index (χ3n) is 2.36. The van der Waals surface area contributed by atoms with Gasteiger partial charge in [0.1, 0.15) is 5.76 Å². The number of hydrogen-bond acceptors (Lipinski definition) is 4. The molecule has 2 rings (SSSR count). The number of furan rings is 1. The number of carbonyl (C=O) groups is 1. The Morgan fingerprint density at radius 3 is 2.42 bits per heavy atom. The van der Waals surface area contributed by atoms with E-state index in [1.807, 2.05) is 0 Å². The van der Waals surface area contributed by atoms with Crippen LogP contribution in [0.5, 0.6) is 0 Å². The average molecular weight is 281 g/mol. The van der Waals surface area contributed by atoms with Crippen molar-refractivity contribution >= 4 is 16.0 Å². The Balaban J connectivity index is 2.08. The molecule has 0 saturated carbocycles. The molecule has 6 nitrogen and oxygen atoms in total. The Hall–Kier alpha value is -2.12. The Morgan fingerprint density at radius 1 is 1.16 bits per heavy atom. The maximum Gasteiger partial charge on any atom is 0.371 e. The van der Waals surface area contributed by atoms with Gasteiger partial charge in [0.2, 0.25) is 15.8 Å². The number of carboxylic acid groups (broad SMARTS) is 1. The summed E-state index contributed by atoms with van der Waals surface area (Å²) in [5.41, 5.74) is 0. The molecule has 7 heteroatoms. The van der Waals surface area contributed by atoms with E-state index in [0.29, 0.717) is 0 Å². The van der Waals surface area contributed by atoms with Gasteiger partial charge < -0.3 is 9.52 Å². The van der Waals surface area contributed by atoms with Gasteiger partial charge in [-0.3, -0.25) is 0 Å². The lowest BCUT2D eigenvalue weighted by Gasteiger charge is -2.04. The molecule has 0 unspecified atom stereocenters. The van der Waals surface area contributed by atoms with Crippen LogP contribution in [0.3, 0.4) is 0 Å². The van der Waals surface area contributed by atoms with Gasteiger partial charge >= 0.3 is 5.97 Å². The van der Waals surface area contributed by atoms with Crippen LogP contribution in [0, 0.1) is 0 Å². The summed E-state index contributed by atoms with van der Waals surface area (Å²) in [4.78, 5) is 10.7. The highest BCUT2D eigenvalue weighted by Crippen LogP contribution is 2.11. The first kappa shape index (κ1) is 13.3. The highest BCUT2D eigenvalue weighted by atomic mass is 32.2. The predicted octanol–water partition coefficient (Wildman–Crippen LogP) is 1.46. The first-order valence-corrected chi connectivity index (χ1v) is 6.84. The zero-order valence-electron chi connectivity index (χ0n) is 9.74. The van der Waals surface area contributed by atoms with Crippen LogP contribution in [-0.2, 0) is 16.6 Å². The normalized spacial score (nSPS) is 11.4. The van der Waals surface area contributed by atoms with Gasteiger partial charge in [-0.2, -0.15) is 0 Å². The molecule has 0 amide bonds. The van der Waals surface area contributed by atoms with Crippen molar-refractivity contribution in [3.05, 3.63) is 54.0 Å². The molecule has 2 N–H and O–H groups in total. The number of aromatic carboxylic acids is 1. The van der Waals surface area contributed by atoms with E-state index < -0.39 is 16.0 Å². The maximum atomic E-state index is 11.9. The molecule has 1 aromatic heterocycles. The van der Waals surface area contributed by atoms with Crippen molar-refractivity contribution in [2.24, 2.45) is 0 Å². The lowest BCUT2D eigenvalue weighted by molar-refractivity contribution is 0.0660. The molecule has 0 fully saturated rings.